The lowest BCUT2D eigenvalue weighted by Crippen LogP contribution is -2.55. The van der Waals surface area contributed by atoms with Gasteiger partial charge in [0.1, 0.15) is 12.1 Å². The van der Waals surface area contributed by atoms with E-state index < -0.39 is 28.0 Å². The maximum Gasteiger partial charge on any atom is 0.242 e. The first-order valence-corrected chi connectivity index (χ1v) is 15.1. The molecule has 2 amide bonds. The van der Waals surface area contributed by atoms with Crippen LogP contribution in [0.4, 0.5) is 0 Å². The molecule has 5 N–H and O–H groups in total. The Kier molecular flexibility index (Phi) is 12.4. The topological polar surface area (TPSA) is 130 Å². The molecule has 0 spiro atoms. The molecule has 3 atom stereocenters. The van der Waals surface area contributed by atoms with Crippen LogP contribution >= 0.6 is 11.8 Å². The van der Waals surface area contributed by atoms with E-state index in [1.165, 1.54) is 0 Å². The summed E-state index contributed by atoms with van der Waals surface area (Å²) in [5, 5.41) is 5.68. The Balaban J connectivity index is 2.09. The van der Waals surface area contributed by atoms with E-state index in [-0.39, 0.29) is 17.6 Å². The van der Waals surface area contributed by atoms with Gasteiger partial charge in [0, 0.05) is 13.1 Å². The first-order valence-electron chi connectivity index (χ1n) is 12.1. The van der Waals surface area contributed by atoms with Crippen LogP contribution in [0.15, 0.2) is 54.6 Å². The molecule has 2 aromatic rings. The number of sulfonamides is 1. The van der Waals surface area contributed by atoms with E-state index in [2.05, 4.69) is 15.4 Å². The van der Waals surface area contributed by atoms with Crippen molar-refractivity contribution in [3.8, 4) is 0 Å². The Bertz CT molecular complexity index is 1060. The Hall–Kier alpha value is -2.40. The molecule has 0 fully saturated rings. The minimum absolute atomic E-state index is 0.229. The number of carbonyl (C=O) groups is 2. The van der Waals surface area contributed by atoms with Gasteiger partial charge in [-0.25, -0.2) is 13.1 Å². The molecular weight excluding hydrogens is 496 g/mol. The summed E-state index contributed by atoms with van der Waals surface area (Å²) in [5.74, 6) is -0.643. The lowest BCUT2D eigenvalue weighted by atomic mass is 9.99. The minimum Gasteiger partial charge on any atom is -0.350 e. The summed E-state index contributed by atoms with van der Waals surface area (Å²) < 4.78 is 28.3. The molecule has 2 aromatic carbocycles. The molecule has 0 aliphatic heterocycles. The van der Waals surface area contributed by atoms with Gasteiger partial charge in [0.15, 0.2) is 0 Å². The van der Waals surface area contributed by atoms with Gasteiger partial charge in [-0.15, -0.1) is 0 Å². The van der Waals surface area contributed by atoms with Crippen LogP contribution in [0.1, 0.15) is 43.4 Å². The molecule has 0 saturated heterocycles. The van der Waals surface area contributed by atoms with Crippen molar-refractivity contribution in [3.63, 3.8) is 0 Å². The standard InChI is InChI=1S/C26H38N4O4S2/c1-4-19(2)24(30-36(33,34)18-22-8-6-5-7-9-22)26(32)29-23(14-15-35-3)25(31)28-17-21-12-10-20(16-27)11-13-21/h5-13,19,23-24,30H,4,14-18,27H2,1-3H3,(H,28,31)(H,29,32)/t19?,23-,24+/m0/s1. The summed E-state index contributed by atoms with van der Waals surface area (Å²) in [7, 11) is -3.78. The van der Waals surface area contributed by atoms with E-state index in [9.17, 15) is 18.0 Å². The average Bonchev–Trinajstić information content (AvgIpc) is 2.88. The number of rotatable bonds is 15. The highest BCUT2D eigenvalue weighted by Crippen LogP contribution is 2.13. The molecule has 0 aromatic heterocycles. The van der Waals surface area contributed by atoms with Crippen LogP contribution in [0, 0.1) is 5.92 Å². The van der Waals surface area contributed by atoms with Gasteiger partial charge < -0.3 is 16.4 Å². The van der Waals surface area contributed by atoms with E-state index >= 15 is 0 Å². The summed E-state index contributed by atoms with van der Waals surface area (Å²) in [6.45, 7) is 4.47. The molecule has 0 aliphatic carbocycles. The van der Waals surface area contributed by atoms with Gasteiger partial charge in [-0.2, -0.15) is 11.8 Å². The fraction of sp³-hybridized carbons (Fsp3) is 0.462. The Morgan fingerprint density at radius 2 is 1.61 bits per heavy atom. The number of benzene rings is 2. The Morgan fingerprint density at radius 3 is 2.19 bits per heavy atom. The van der Waals surface area contributed by atoms with Crippen LogP contribution in [0.5, 0.6) is 0 Å². The predicted molar refractivity (Wildman–Crippen MR) is 147 cm³/mol. The van der Waals surface area contributed by atoms with Gasteiger partial charge in [-0.05, 0) is 41.0 Å². The number of amides is 2. The summed E-state index contributed by atoms with van der Waals surface area (Å²) in [6.07, 6.45) is 2.94. The third-order valence-corrected chi connectivity index (χ3v) is 7.94. The monoisotopic (exact) mass is 534 g/mol. The molecule has 0 radical (unpaired) electrons. The number of thioether (sulfide) groups is 1. The number of nitrogens with one attached hydrogen (secondary N) is 3. The highest BCUT2D eigenvalue weighted by atomic mass is 32.2. The van der Waals surface area contributed by atoms with Crippen molar-refractivity contribution in [3.05, 3.63) is 71.3 Å². The molecule has 198 valence electrons. The Labute approximate surface area is 219 Å². The normalized spacial score (nSPS) is 14.0. The van der Waals surface area contributed by atoms with Gasteiger partial charge in [-0.3, -0.25) is 9.59 Å². The summed E-state index contributed by atoms with van der Waals surface area (Å²) in [6, 6.07) is 14.7. The molecule has 0 aliphatic rings. The molecule has 0 bridgehead atoms. The molecule has 0 saturated carbocycles. The van der Waals surface area contributed by atoms with Crippen molar-refractivity contribution in [2.45, 2.75) is 57.6 Å². The zero-order valence-corrected chi connectivity index (χ0v) is 22.8. The van der Waals surface area contributed by atoms with Crippen molar-refractivity contribution < 1.29 is 18.0 Å². The molecule has 2 rings (SSSR count). The first-order chi connectivity index (χ1) is 17.2. The van der Waals surface area contributed by atoms with Crippen molar-refractivity contribution in [1.29, 1.82) is 0 Å². The van der Waals surface area contributed by atoms with Gasteiger partial charge >= 0.3 is 0 Å². The maximum atomic E-state index is 13.3. The van der Waals surface area contributed by atoms with Crippen LogP contribution in [0.2, 0.25) is 0 Å². The summed E-state index contributed by atoms with van der Waals surface area (Å²) in [4.78, 5) is 26.2. The largest absolute Gasteiger partial charge is 0.350 e. The van der Waals surface area contributed by atoms with Gasteiger partial charge in [0.05, 0.1) is 5.75 Å². The lowest BCUT2D eigenvalue weighted by Gasteiger charge is -2.26. The predicted octanol–water partition coefficient (Wildman–Crippen LogP) is 2.53. The summed E-state index contributed by atoms with van der Waals surface area (Å²) in [5.41, 5.74) is 8.18. The second-order valence-corrected chi connectivity index (χ2v) is 11.5. The quantitative estimate of drug-likeness (QED) is 0.278. The number of carbonyl (C=O) groups excluding carboxylic acids is 2. The van der Waals surface area contributed by atoms with Crippen molar-refractivity contribution in [2.75, 3.05) is 12.0 Å². The van der Waals surface area contributed by atoms with Crippen molar-refractivity contribution in [1.82, 2.24) is 15.4 Å². The van der Waals surface area contributed by atoms with E-state index in [0.29, 0.717) is 37.2 Å². The van der Waals surface area contributed by atoms with Crippen molar-refractivity contribution >= 4 is 33.6 Å². The van der Waals surface area contributed by atoms with Crippen LogP contribution in [-0.4, -0.2) is 44.3 Å². The van der Waals surface area contributed by atoms with Gasteiger partial charge in [0.2, 0.25) is 21.8 Å². The fourth-order valence-corrected chi connectivity index (χ4v) is 5.48. The van der Waals surface area contributed by atoms with Gasteiger partial charge in [-0.1, -0.05) is 74.9 Å². The molecule has 1 unspecified atom stereocenters. The zero-order valence-electron chi connectivity index (χ0n) is 21.2. The van der Waals surface area contributed by atoms with E-state index in [1.54, 1.807) is 36.0 Å². The third-order valence-electron chi connectivity index (χ3n) is 5.97. The number of hydrogen-bond donors (Lipinski definition) is 4. The molecule has 0 heterocycles. The molecule has 10 heteroatoms. The van der Waals surface area contributed by atoms with E-state index in [1.807, 2.05) is 50.4 Å². The molecule has 36 heavy (non-hydrogen) atoms. The highest BCUT2D eigenvalue weighted by Gasteiger charge is 2.31. The lowest BCUT2D eigenvalue weighted by molar-refractivity contribution is -0.130. The second kappa shape index (κ2) is 15.0. The first kappa shape index (κ1) is 29.8. The van der Waals surface area contributed by atoms with Crippen LogP contribution in [-0.2, 0) is 38.5 Å². The van der Waals surface area contributed by atoms with E-state index in [4.69, 9.17) is 5.73 Å². The van der Waals surface area contributed by atoms with Crippen LogP contribution < -0.4 is 21.1 Å². The average molecular weight is 535 g/mol. The molecule has 8 nitrogen and oxygen atoms in total. The maximum absolute atomic E-state index is 13.3. The fourth-order valence-electron chi connectivity index (χ4n) is 3.56. The van der Waals surface area contributed by atoms with Gasteiger partial charge in [0.25, 0.3) is 0 Å². The van der Waals surface area contributed by atoms with E-state index in [0.717, 1.165) is 11.1 Å². The molecular formula is C26H38N4O4S2. The van der Waals surface area contributed by atoms with Crippen LogP contribution in [0.25, 0.3) is 0 Å². The minimum atomic E-state index is -3.78. The smallest absolute Gasteiger partial charge is 0.242 e. The second-order valence-electron chi connectivity index (χ2n) is 8.81. The Morgan fingerprint density at radius 1 is 0.972 bits per heavy atom. The zero-order chi connectivity index (χ0) is 26.6. The van der Waals surface area contributed by atoms with Crippen molar-refractivity contribution in [2.24, 2.45) is 11.7 Å². The number of hydrogen-bond acceptors (Lipinski definition) is 6. The highest BCUT2D eigenvalue weighted by molar-refractivity contribution is 7.98. The third kappa shape index (κ3) is 9.93. The number of nitrogens with two attached hydrogens (primary N) is 1. The summed E-state index contributed by atoms with van der Waals surface area (Å²) >= 11 is 1.57. The van der Waals surface area contributed by atoms with Crippen LogP contribution in [0.3, 0.4) is 0 Å². The SMILES string of the molecule is CCC(C)[C@@H](NS(=O)(=O)Cc1ccccc1)C(=O)N[C@@H](CCSC)C(=O)NCc1ccc(CN)cc1.